The molecule has 2 aliphatic heterocycles. The van der Waals surface area contributed by atoms with Crippen molar-refractivity contribution in [1.82, 2.24) is 5.32 Å². The number of thioether (sulfide) groups is 1. The zero-order valence-corrected chi connectivity index (χ0v) is 18.1. The minimum Gasteiger partial charge on any atom is -0.348 e. The van der Waals surface area contributed by atoms with Crippen LogP contribution in [-0.2, 0) is 16.4 Å². The Morgan fingerprint density at radius 3 is 2.69 bits per heavy atom. The van der Waals surface area contributed by atoms with E-state index >= 15 is 0 Å². The van der Waals surface area contributed by atoms with Gasteiger partial charge in [0, 0.05) is 17.4 Å². The first kappa shape index (κ1) is 20.3. The van der Waals surface area contributed by atoms with E-state index in [1.165, 1.54) is 17.3 Å². The van der Waals surface area contributed by atoms with Crippen LogP contribution in [0.1, 0.15) is 21.5 Å². The number of sulfone groups is 1. The van der Waals surface area contributed by atoms with Crippen molar-refractivity contribution in [1.29, 1.82) is 0 Å². The van der Waals surface area contributed by atoms with Gasteiger partial charge in [0.15, 0.2) is 15.0 Å². The monoisotopic (exact) mass is 449 g/mol. The standard InChI is InChI=1S/C20H20ClN3O3S2/c1-12-2-4-13(5-3-12)9-22-19(25)14-6-7-15(21)16(8-14)23-20-24-17-10-29(26,27)11-18(17)28-20/h2-8,17-18H,9-11H2,1H3,(H,22,25)(H,23,24). The van der Waals surface area contributed by atoms with Crippen LogP contribution in [0.3, 0.4) is 0 Å². The lowest BCUT2D eigenvalue weighted by atomic mass is 10.1. The van der Waals surface area contributed by atoms with Crippen LogP contribution >= 0.6 is 23.4 Å². The van der Waals surface area contributed by atoms with Gasteiger partial charge in [0.1, 0.15) is 0 Å². The smallest absolute Gasteiger partial charge is 0.251 e. The third-order valence-electron chi connectivity index (χ3n) is 4.86. The lowest BCUT2D eigenvalue weighted by Gasteiger charge is -2.11. The van der Waals surface area contributed by atoms with Crippen LogP contribution in [0.5, 0.6) is 0 Å². The number of nitrogens with one attached hydrogen (secondary N) is 2. The third kappa shape index (κ3) is 4.76. The number of benzene rings is 2. The topological polar surface area (TPSA) is 87.6 Å². The first-order valence-electron chi connectivity index (χ1n) is 9.14. The fraction of sp³-hybridized carbons (Fsp3) is 0.300. The summed E-state index contributed by atoms with van der Waals surface area (Å²) in [4.78, 5) is 17.0. The number of carbonyl (C=O) groups excluding carboxylic acids is 1. The van der Waals surface area contributed by atoms with Crippen molar-refractivity contribution in [2.24, 2.45) is 4.99 Å². The van der Waals surface area contributed by atoms with E-state index in [4.69, 9.17) is 11.6 Å². The SMILES string of the molecule is Cc1ccc(CNC(=O)c2ccc(Cl)c(NC3=NC4CS(=O)(=O)CC4S3)c2)cc1. The molecule has 0 bridgehead atoms. The number of halogens is 1. The van der Waals surface area contributed by atoms with Crippen LogP contribution in [0.25, 0.3) is 0 Å². The lowest BCUT2D eigenvalue weighted by molar-refractivity contribution is 0.0951. The molecule has 2 aromatic carbocycles. The van der Waals surface area contributed by atoms with Gasteiger partial charge < -0.3 is 10.6 Å². The van der Waals surface area contributed by atoms with Gasteiger partial charge in [-0.3, -0.25) is 9.79 Å². The fourth-order valence-electron chi connectivity index (χ4n) is 3.28. The molecule has 1 saturated heterocycles. The number of rotatable bonds is 4. The Balaban J connectivity index is 1.42. The van der Waals surface area contributed by atoms with Gasteiger partial charge in [-0.15, -0.1) is 0 Å². The molecule has 1 amide bonds. The maximum atomic E-state index is 12.5. The lowest BCUT2D eigenvalue weighted by Crippen LogP contribution is -2.23. The normalized spacial score (nSPS) is 22.1. The Labute approximate surface area is 179 Å². The summed E-state index contributed by atoms with van der Waals surface area (Å²) >= 11 is 7.69. The minimum absolute atomic E-state index is 0.0535. The molecular formula is C20H20ClN3O3S2. The molecule has 2 heterocycles. The number of aryl methyl sites for hydroxylation is 1. The molecule has 0 aromatic heterocycles. The molecule has 29 heavy (non-hydrogen) atoms. The summed E-state index contributed by atoms with van der Waals surface area (Å²) in [6.07, 6.45) is 0. The van der Waals surface area contributed by atoms with Crippen molar-refractivity contribution in [2.75, 3.05) is 16.8 Å². The highest BCUT2D eigenvalue weighted by atomic mass is 35.5. The number of hydrogen-bond donors (Lipinski definition) is 2. The molecule has 2 atom stereocenters. The number of fused-ring (bicyclic) bond motifs is 1. The van der Waals surface area contributed by atoms with Gasteiger partial charge >= 0.3 is 0 Å². The minimum atomic E-state index is -2.99. The van der Waals surface area contributed by atoms with Crippen LogP contribution in [0.15, 0.2) is 47.5 Å². The number of amidine groups is 1. The Morgan fingerprint density at radius 2 is 1.97 bits per heavy atom. The maximum absolute atomic E-state index is 12.5. The second kappa shape index (κ2) is 8.01. The summed E-state index contributed by atoms with van der Waals surface area (Å²) in [5.41, 5.74) is 3.25. The van der Waals surface area contributed by atoms with Gasteiger partial charge in [0.05, 0.1) is 28.3 Å². The van der Waals surface area contributed by atoms with E-state index in [-0.39, 0.29) is 28.7 Å². The van der Waals surface area contributed by atoms with Crippen LogP contribution in [-0.4, -0.2) is 42.3 Å². The van der Waals surface area contributed by atoms with Crippen molar-refractivity contribution in [3.05, 3.63) is 64.2 Å². The summed E-state index contributed by atoms with van der Waals surface area (Å²) in [5, 5.41) is 7.10. The second-order valence-electron chi connectivity index (χ2n) is 7.22. The fourth-order valence-corrected chi connectivity index (χ4v) is 7.12. The van der Waals surface area contributed by atoms with Crippen molar-refractivity contribution in [3.8, 4) is 0 Å². The Hall–Kier alpha value is -2.03. The van der Waals surface area contributed by atoms with Crippen LogP contribution in [0.4, 0.5) is 5.69 Å². The van der Waals surface area contributed by atoms with Crippen LogP contribution in [0, 0.1) is 6.92 Å². The first-order chi connectivity index (χ1) is 13.8. The number of anilines is 1. The predicted molar refractivity (Wildman–Crippen MR) is 119 cm³/mol. The van der Waals surface area contributed by atoms with E-state index in [9.17, 15) is 13.2 Å². The Morgan fingerprint density at radius 1 is 1.21 bits per heavy atom. The molecule has 2 N–H and O–H groups in total. The van der Waals surface area contributed by atoms with Gasteiger partial charge in [-0.25, -0.2) is 8.42 Å². The van der Waals surface area contributed by atoms with Gasteiger partial charge in [-0.2, -0.15) is 0 Å². The number of aliphatic imine (C=N–C) groups is 1. The molecule has 9 heteroatoms. The van der Waals surface area contributed by atoms with E-state index in [2.05, 4.69) is 15.6 Å². The third-order valence-corrected chi connectivity index (χ3v) is 8.33. The highest BCUT2D eigenvalue weighted by molar-refractivity contribution is 8.15. The van der Waals surface area contributed by atoms with Gasteiger partial charge in [0.2, 0.25) is 0 Å². The number of amides is 1. The van der Waals surface area contributed by atoms with Crippen molar-refractivity contribution in [2.45, 2.75) is 24.8 Å². The molecule has 2 aromatic rings. The maximum Gasteiger partial charge on any atom is 0.251 e. The van der Waals surface area contributed by atoms with Gasteiger partial charge in [0.25, 0.3) is 5.91 Å². The summed E-state index contributed by atoms with van der Waals surface area (Å²) in [6.45, 7) is 2.45. The summed E-state index contributed by atoms with van der Waals surface area (Å²) in [6, 6.07) is 12.8. The average molecular weight is 450 g/mol. The quantitative estimate of drug-likeness (QED) is 0.748. The number of hydrogen-bond acceptors (Lipinski definition) is 6. The molecule has 0 saturated carbocycles. The van der Waals surface area contributed by atoms with E-state index in [0.29, 0.717) is 28.0 Å². The molecule has 2 aliphatic rings. The van der Waals surface area contributed by atoms with Crippen LogP contribution < -0.4 is 10.6 Å². The largest absolute Gasteiger partial charge is 0.348 e. The van der Waals surface area contributed by atoms with Gasteiger partial charge in [-0.1, -0.05) is 53.2 Å². The van der Waals surface area contributed by atoms with E-state index in [1.807, 2.05) is 31.2 Å². The molecule has 0 radical (unpaired) electrons. The molecular weight excluding hydrogens is 430 g/mol. The average Bonchev–Trinajstić information content (AvgIpc) is 3.15. The van der Waals surface area contributed by atoms with Crippen molar-refractivity contribution in [3.63, 3.8) is 0 Å². The zero-order chi connectivity index (χ0) is 20.6. The molecule has 0 spiro atoms. The second-order valence-corrected chi connectivity index (χ2v) is 11.0. The van der Waals surface area contributed by atoms with E-state index in [0.717, 1.165) is 5.56 Å². The molecule has 6 nitrogen and oxygen atoms in total. The molecule has 0 aliphatic carbocycles. The predicted octanol–water partition coefficient (Wildman–Crippen LogP) is 3.26. The van der Waals surface area contributed by atoms with E-state index < -0.39 is 9.84 Å². The number of nitrogens with zero attached hydrogens (tertiary/aromatic N) is 1. The highest BCUT2D eigenvalue weighted by Crippen LogP contribution is 2.35. The molecule has 2 unspecified atom stereocenters. The molecule has 4 rings (SSSR count). The number of carbonyl (C=O) groups is 1. The summed E-state index contributed by atoms with van der Waals surface area (Å²) in [5.74, 6) is 0.0336. The Kier molecular flexibility index (Phi) is 5.59. The van der Waals surface area contributed by atoms with Crippen LogP contribution in [0.2, 0.25) is 5.02 Å². The first-order valence-corrected chi connectivity index (χ1v) is 12.2. The molecule has 152 valence electrons. The Bertz CT molecular complexity index is 1080. The zero-order valence-electron chi connectivity index (χ0n) is 15.7. The summed E-state index contributed by atoms with van der Waals surface area (Å²) in [7, 11) is -2.99. The highest BCUT2D eigenvalue weighted by Gasteiger charge is 2.42. The molecule has 1 fully saturated rings. The summed E-state index contributed by atoms with van der Waals surface area (Å²) < 4.78 is 23.4. The van der Waals surface area contributed by atoms with Crippen molar-refractivity contribution >= 4 is 50.0 Å². The van der Waals surface area contributed by atoms with E-state index in [1.54, 1.807) is 18.2 Å². The van der Waals surface area contributed by atoms with Gasteiger partial charge in [-0.05, 0) is 30.7 Å². The van der Waals surface area contributed by atoms with Crippen molar-refractivity contribution < 1.29 is 13.2 Å².